The van der Waals surface area contributed by atoms with E-state index in [9.17, 15) is 4.79 Å². The molecule has 2 N–H and O–H groups in total. The Hall–Kier alpha value is -3.07. The summed E-state index contributed by atoms with van der Waals surface area (Å²) in [7, 11) is 0. The van der Waals surface area contributed by atoms with Gasteiger partial charge in [-0.05, 0) is 12.1 Å². The van der Waals surface area contributed by atoms with Crippen molar-refractivity contribution >= 4 is 11.6 Å². The van der Waals surface area contributed by atoms with Gasteiger partial charge in [0.2, 0.25) is 0 Å². The Morgan fingerprint density at radius 2 is 2.32 bits per heavy atom. The Bertz CT molecular complexity index is 883. The van der Waals surface area contributed by atoms with Crippen molar-refractivity contribution in [3.8, 4) is 11.4 Å². The van der Waals surface area contributed by atoms with Crippen molar-refractivity contribution in [2.75, 3.05) is 18.5 Å². The molecule has 1 saturated heterocycles. The normalized spacial score (nSPS) is 15.6. The van der Waals surface area contributed by atoms with Gasteiger partial charge < -0.3 is 10.1 Å². The molecule has 0 aliphatic carbocycles. The second-order valence-corrected chi connectivity index (χ2v) is 6.43. The number of amides is 1. The Balaban J connectivity index is 1.48. The summed E-state index contributed by atoms with van der Waals surface area (Å²) in [5.41, 5.74) is 2.17. The Kier molecular flexibility index (Phi) is 3.77. The highest BCUT2D eigenvalue weighted by Gasteiger charge is 2.34. The van der Waals surface area contributed by atoms with E-state index in [1.807, 2.05) is 18.2 Å². The molecule has 128 valence electrons. The number of H-pyrrole nitrogens is 1. The van der Waals surface area contributed by atoms with Crippen molar-refractivity contribution in [3.63, 3.8) is 0 Å². The fraction of sp³-hybridized carbons (Fsp3) is 0.312. The van der Waals surface area contributed by atoms with E-state index in [1.165, 1.54) is 0 Å². The molecule has 0 bridgehead atoms. The second kappa shape index (κ2) is 6.10. The first kappa shape index (κ1) is 15.5. The van der Waals surface area contributed by atoms with Gasteiger partial charge >= 0.3 is 0 Å². The summed E-state index contributed by atoms with van der Waals surface area (Å²) < 4.78 is 6.91. The van der Waals surface area contributed by atoms with Crippen LogP contribution in [-0.2, 0) is 11.3 Å². The molecule has 3 aromatic heterocycles. The number of nitrogens with zero attached hydrogens (tertiary/aromatic N) is 5. The highest BCUT2D eigenvalue weighted by atomic mass is 16.5. The maximum atomic E-state index is 12.4. The van der Waals surface area contributed by atoms with Crippen LogP contribution in [0.5, 0.6) is 0 Å². The van der Waals surface area contributed by atoms with Gasteiger partial charge in [-0.2, -0.15) is 5.10 Å². The van der Waals surface area contributed by atoms with Crippen LogP contribution >= 0.6 is 0 Å². The summed E-state index contributed by atoms with van der Waals surface area (Å²) in [6.45, 7) is 4.16. The SMILES string of the molecule is CC1(Cn2cc(C(=O)Nc3cn[nH]c3-c3ccccn3)nn2)COC1. The van der Waals surface area contributed by atoms with Crippen LogP contribution in [-0.4, -0.2) is 49.3 Å². The zero-order valence-corrected chi connectivity index (χ0v) is 13.6. The molecule has 0 saturated carbocycles. The number of aromatic amines is 1. The quantitative estimate of drug-likeness (QED) is 0.726. The van der Waals surface area contributed by atoms with Gasteiger partial charge in [0.05, 0.1) is 43.5 Å². The van der Waals surface area contributed by atoms with Crippen LogP contribution in [0, 0.1) is 5.41 Å². The van der Waals surface area contributed by atoms with Gasteiger partial charge in [-0.3, -0.25) is 19.6 Å². The first-order valence-corrected chi connectivity index (χ1v) is 7.87. The standard InChI is InChI=1S/C16H17N7O2/c1-16(9-25-10-16)8-23-7-13(20-22-23)15(24)19-12-6-18-21-14(12)11-4-2-3-5-17-11/h2-7H,8-10H2,1H3,(H,18,21)(H,19,24). The van der Waals surface area contributed by atoms with E-state index in [0.717, 1.165) is 0 Å². The Morgan fingerprint density at radius 1 is 1.44 bits per heavy atom. The minimum Gasteiger partial charge on any atom is -0.380 e. The number of hydrogen-bond acceptors (Lipinski definition) is 6. The molecule has 0 atom stereocenters. The van der Waals surface area contributed by atoms with E-state index in [2.05, 4.69) is 37.7 Å². The highest BCUT2D eigenvalue weighted by molar-refractivity contribution is 6.04. The van der Waals surface area contributed by atoms with Gasteiger partial charge in [0.15, 0.2) is 5.69 Å². The molecule has 9 nitrogen and oxygen atoms in total. The van der Waals surface area contributed by atoms with Gasteiger partial charge in [-0.15, -0.1) is 5.10 Å². The molecule has 1 fully saturated rings. The van der Waals surface area contributed by atoms with Crippen LogP contribution in [0.4, 0.5) is 5.69 Å². The van der Waals surface area contributed by atoms with Gasteiger partial charge in [0.25, 0.3) is 5.91 Å². The third-order valence-corrected chi connectivity index (χ3v) is 4.02. The molecule has 4 rings (SSSR count). The monoisotopic (exact) mass is 339 g/mol. The summed E-state index contributed by atoms with van der Waals surface area (Å²) in [6.07, 6.45) is 4.86. The summed E-state index contributed by atoms with van der Waals surface area (Å²) in [4.78, 5) is 16.7. The van der Waals surface area contributed by atoms with E-state index in [1.54, 1.807) is 23.3 Å². The minimum atomic E-state index is -0.347. The molecule has 1 amide bonds. The lowest BCUT2D eigenvalue weighted by atomic mass is 9.89. The molecule has 3 aromatic rings. The van der Waals surface area contributed by atoms with E-state index >= 15 is 0 Å². The molecule has 25 heavy (non-hydrogen) atoms. The van der Waals surface area contributed by atoms with Crippen LogP contribution in [0.3, 0.4) is 0 Å². The Labute approximate surface area is 143 Å². The third-order valence-electron chi connectivity index (χ3n) is 4.02. The smallest absolute Gasteiger partial charge is 0.277 e. The minimum absolute atomic E-state index is 0.0537. The van der Waals surface area contributed by atoms with Crippen molar-refractivity contribution in [1.29, 1.82) is 0 Å². The topological polar surface area (TPSA) is 111 Å². The van der Waals surface area contributed by atoms with E-state index < -0.39 is 0 Å². The average Bonchev–Trinajstić information content (AvgIpc) is 3.23. The van der Waals surface area contributed by atoms with Crippen LogP contribution in [0.25, 0.3) is 11.4 Å². The summed E-state index contributed by atoms with van der Waals surface area (Å²) in [5, 5.41) is 17.6. The number of carbonyl (C=O) groups excluding carboxylic acids is 1. The number of hydrogen-bond donors (Lipinski definition) is 2. The van der Waals surface area contributed by atoms with Crippen molar-refractivity contribution in [1.82, 2.24) is 30.2 Å². The number of carbonyl (C=O) groups is 1. The van der Waals surface area contributed by atoms with Crippen molar-refractivity contribution in [2.24, 2.45) is 5.41 Å². The summed E-state index contributed by atoms with van der Waals surface area (Å²) >= 11 is 0. The number of nitrogens with one attached hydrogen (secondary N) is 2. The summed E-state index contributed by atoms with van der Waals surface area (Å²) in [6, 6.07) is 5.52. The Morgan fingerprint density at radius 3 is 3.04 bits per heavy atom. The zero-order chi connectivity index (χ0) is 17.3. The third kappa shape index (κ3) is 3.13. The first-order chi connectivity index (χ1) is 12.1. The first-order valence-electron chi connectivity index (χ1n) is 7.87. The summed E-state index contributed by atoms with van der Waals surface area (Å²) in [5.74, 6) is -0.347. The number of anilines is 1. The molecule has 9 heteroatoms. The number of pyridine rings is 1. The fourth-order valence-corrected chi connectivity index (χ4v) is 2.69. The van der Waals surface area contributed by atoms with Gasteiger partial charge in [-0.1, -0.05) is 18.2 Å². The van der Waals surface area contributed by atoms with E-state index in [4.69, 9.17) is 4.74 Å². The van der Waals surface area contributed by atoms with Crippen LogP contribution in [0.1, 0.15) is 17.4 Å². The predicted octanol–water partition coefficient (Wildman–Crippen LogP) is 1.35. The number of rotatable bonds is 5. The molecule has 1 aliphatic heterocycles. The highest BCUT2D eigenvalue weighted by Crippen LogP contribution is 2.28. The van der Waals surface area contributed by atoms with E-state index in [-0.39, 0.29) is 17.0 Å². The van der Waals surface area contributed by atoms with Gasteiger partial charge in [-0.25, -0.2) is 0 Å². The maximum absolute atomic E-state index is 12.4. The zero-order valence-electron chi connectivity index (χ0n) is 13.6. The van der Waals surface area contributed by atoms with Gasteiger partial charge in [0, 0.05) is 11.6 Å². The van der Waals surface area contributed by atoms with Crippen LogP contribution < -0.4 is 5.32 Å². The lowest BCUT2D eigenvalue weighted by Gasteiger charge is -2.37. The molecule has 0 radical (unpaired) electrons. The molecule has 1 aliphatic rings. The largest absolute Gasteiger partial charge is 0.380 e. The van der Waals surface area contributed by atoms with E-state index in [0.29, 0.717) is 36.8 Å². The molecule has 0 spiro atoms. The molecular weight excluding hydrogens is 322 g/mol. The van der Waals surface area contributed by atoms with Gasteiger partial charge in [0.1, 0.15) is 5.69 Å². The molecule has 0 unspecified atom stereocenters. The van der Waals surface area contributed by atoms with Crippen LogP contribution in [0.2, 0.25) is 0 Å². The predicted molar refractivity (Wildman–Crippen MR) is 88.7 cm³/mol. The molecule has 0 aromatic carbocycles. The lowest BCUT2D eigenvalue weighted by Crippen LogP contribution is -2.43. The number of ether oxygens (including phenoxy) is 1. The van der Waals surface area contributed by atoms with Crippen molar-refractivity contribution < 1.29 is 9.53 Å². The average molecular weight is 339 g/mol. The molecule has 4 heterocycles. The maximum Gasteiger partial charge on any atom is 0.277 e. The number of aromatic nitrogens is 6. The molecular formula is C16H17N7O2. The second-order valence-electron chi connectivity index (χ2n) is 6.43. The van der Waals surface area contributed by atoms with Crippen molar-refractivity contribution in [2.45, 2.75) is 13.5 Å². The fourth-order valence-electron chi connectivity index (χ4n) is 2.69. The lowest BCUT2D eigenvalue weighted by molar-refractivity contribution is -0.111. The van der Waals surface area contributed by atoms with Crippen LogP contribution in [0.15, 0.2) is 36.8 Å². The van der Waals surface area contributed by atoms with Crippen molar-refractivity contribution in [3.05, 3.63) is 42.5 Å².